The zero-order valence-electron chi connectivity index (χ0n) is 10.5. The SMILES string of the molecule is Cc1ccc(C(=O)NCC(OC(N)=O)C(F)(F)F)cc1. The zero-order chi connectivity index (χ0) is 15.3. The van der Waals surface area contributed by atoms with E-state index < -0.39 is 30.8 Å². The number of alkyl halides is 3. The minimum atomic E-state index is -4.81. The lowest BCUT2D eigenvalue weighted by Gasteiger charge is -2.19. The predicted molar refractivity (Wildman–Crippen MR) is 64.0 cm³/mol. The largest absolute Gasteiger partial charge is 0.435 e. The topological polar surface area (TPSA) is 81.4 Å². The molecule has 0 fully saturated rings. The van der Waals surface area contributed by atoms with Gasteiger partial charge in [-0.05, 0) is 19.1 Å². The second-order valence-electron chi connectivity index (χ2n) is 4.04. The molecule has 1 atom stereocenters. The van der Waals surface area contributed by atoms with Crippen molar-refractivity contribution in [2.24, 2.45) is 5.73 Å². The molecule has 0 spiro atoms. The van der Waals surface area contributed by atoms with Gasteiger partial charge in [-0.25, -0.2) is 4.79 Å². The van der Waals surface area contributed by atoms with E-state index in [1.165, 1.54) is 12.1 Å². The Hall–Kier alpha value is -2.25. The van der Waals surface area contributed by atoms with Crippen molar-refractivity contribution < 1.29 is 27.5 Å². The van der Waals surface area contributed by atoms with Crippen LogP contribution in [0.3, 0.4) is 0 Å². The fourth-order valence-electron chi connectivity index (χ4n) is 1.36. The fourth-order valence-corrected chi connectivity index (χ4v) is 1.36. The van der Waals surface area contributed by atoms with Crippen LogP contribution in [0.4, 0.5) is 18.0 Å². The van der Waals surface area contributed by atoms with Gasteiger partial charge in [0.2, 0.25) is 6.10 Å². The highest BCUT2D eigenvalue weighted by Gasteiger charge is 2.42. The van der Waals surface area contributed by atoms with Crippen molar-refractivity contribution in [2.75, 3.05) is 6.54 Å². The molecular weight excluding hydrogens is 277 g/mol. The van der Waals surface area contributed by atoms with Crippen LogP contribution in [0.25, 0.3) is 0 Å². The lowest BCUT2D eigenvalue weighted by Crippen LogP contribution is -2.44. The molecule has 0 aliphatic heterocycles. The fraction of sp³-hybridized carbons (Fsp3) is 0.333. The number of rotatable bonds is 4. The summed E-state index contributed by atoms with van der Waals surface area (Å²) in [5.74, 6) is -0.702. The Labute approximate surface area is 112 Å². The molecule has 2 amide bonds. The summed E-state index contributed by atoms with van der Waals surface area (Å²) < 4.78 is 41.4. The van der Waals surface area contributed by atoms with Crippen LogP contribution < -0.4 is 11.1 Å². The first-order valence-electron chi connectivity index (χ1n) is 5.58. The average molecular weight is 290 g/mol. The third kappa shape index (κ3) is 4.79. The van der Waals surface area contributed by atoms with Crippen LogP contribution in [0.15, 0.2) is 24.3 Å². The van der Waals surface area contributed by atoms with Gasteiger partial charge < -0.3 is 15.8 Å². The van der Waals surface area contributed by atoms with Crippen molar-refractivity contribution in [3.05, 3.63) is 35.4 Å². The number of hydrogen-bond donors (Lipinski definition) is 2. The Bertz CT molecular complexity index is 486. The summed E-state index contributed by atoms with van der Waals surface area (Å²) in [6.45, 7) is 0.904. The first kappa shape index (κ1) is 15.8. The van der Waals surface area contributed by atoms with E-state index in [0.29, 0.717) is 0 Å². The normalized spacial score (nSPS) is 12.6. The van der Waals surface area contributed by atoms with E-state index in [9.17, 15) is 22.8 Å². The molecule has 0 aliphatic rings. The molecule has 110 valence electrons. The summed E-state index contributed by atoms with van der Waals surface area (Å²) in [4.78, 5) is 22.0. The summed E-state index contributed by atoms with van der Waals surface area (Å²) in [6.07, 6.45) is -8.85. The van der Waals surface area contributed by atoms with E-state index in [0.717, 1.165) is 5.56 Å². The van der Waals surface area contributed by atoms with Crippen molar-refractivity contribution in [1.82, 2.24) is 5.32 Å². The number of nitrogens with two attached hydrogens (primary N) is 1. The van der Waals surface area contributed by atoms with Gasteiger partial charge in [0, 0.05) is 5.56 Å². The molecule has 0 radical (unpaired) electrons. The maximum Gasteiger partial charge on any atom is 0.427 e. The van der Waals surface area contributed by atoms with Gasteiger partial charge >= 0.3 is 12.3 Å². The molecule has 0 saturated carbocycles. The number of halogens is 3. The molecule has 1 aromatic carbocycles. The van der Waals surface area contributed by atoms with Gasteiger partial charge in [0.15, 0.2) is 0 Å². The summed E-state index contributed by atoms with van der Waals surface area (Å²) in [5, 5.41) is 2.04. The van der Waals surface area contributed by atoms with Gasteiger partial charge in [-0.15, -0.1) is 0 Å². The minimum absolute atomic E-state index is 0.204. The second kappa shape index (κ2) is 6.27. The number of carbonyl (C=O) groups excluding carboxylic acids is 2. The maximum absolute atomic E-state index is 12.5. The Kier molecular flexibility index (Phi) is 4.95. The van der Waals surface area contributed by atoms with Crippen LogP contribution >= 0.6 is 0 Å². The van der Waals surface area contributed by atoms with Crippen molar-refractivity contribution in [3.8, 4) is 0 Å². The van der Waals surface area contributed by atoms with Crippen molar-refractivity contribution in [3.63, 3.8) is 0 Å². The Balaban J connectivity index is 2.65. The zero-order valence-corrected chi connectivity index (χ0v) is 10.5. The summed E-state index contributed by atoms with van der Waals surface area (Å²) in [6, 6.07) is 6.25. The summed E-state index contributed by atoms with van der Waals surface area (Å²) in [5.41, 5.74) is 5.66. The van der Waals surface area contributed by atoms with Crippen molar-refractivity contribution in [2.45, 2.75) is 19.2 Å². The third-order valence-electron chi connectivity index (χ3n) is 2.39. The molecule has 5 nitrogen and oxygen atoms in total. The number of benzene rings is 1. The molecule has 0 saturated heterocycles. The minimum Gasteiger partial charge on any atom is -0.435 e. The average Bonchev–Trinajstić information content (AvgIpc) is 2.33. The molecule has 0 aromatic heterocycles. The lowest BCUT2D eigenvalue weighted by atomic mass is 10.1. The molecule has 0 aliphatic carbocycles. The molecule has 1 unspecified atom stereocenters. The van der Waals surface area contributed by atoms with Crippen LogP contribution in [-0.2, 0) is 4.74 Å². The summed E-state index contributed by atoms with van der Waals surface area (Å²) >= 11 is 0. The number of ether oxygens (including phenoxy) is 1. The van der Waals surface area contributed by atoms with Gasteiger partial charge in [0.25, 0.3) is 5.91 Å². The highest BCUT2D eigenvalue weighted by atomic mass is 19.4. The first-order valence-corrected chi connectivity index (χ1v) is 5.58. The van der Waals surface area contributed by atoms with E-state index in [1.807, 2.05) is 12.2 Å². The van der Waals surface area contributed by atoms with E-state index in [1.54, 1.807) is 12.1 Å². The molecular formula is C12H13F3N2O3. The molecule has 0 bridgehead atoms. The van der Waals surface area contributed by atoms with Gasteiger partial charge in [-0.1, -0.05) is 17.7 Å². The van der Waals surface area contributed by atoms with Gasteiger partial charge in [0.1, 0.15) is 0 Å². The monoisotopic (exact) mass is 290 g/mol. The Morgan fingerprint density at radius 2 is 1.85 bits per heavy atom. The maximum atomic E-state index is 12.5. The predicted octanol–water partition coefficient (Wildman–Crippen LogP) is 1.75. The van der Waals surface area contributed by atoms with E-state index in [2.05, 4.69) is 10.5 Å². The molecule has 20 heavy (non-hydrogen) atoms. The summed E-state index contributed by atoms with van der Waals surface area (Å²) in [7, 11) is 0. The quantitative estimate of drug-likeness (QED) is 0.886. The van der Waals surface area contributed by atoms with Gasteiger partial charge in [-0.3, -0.25) is 4.79 Å². The first-order chi connectivity index (χ1) is 9.20. The standard InChI is InChI=1S/C12H13F3N2O3/c1-7-2-4-8(5-3-7)10(18)17-6-9(12(13,14)15)20-11(16)19/h2-5,9H,6H2,1H3,(H2,16,19)(H,17,18). The molecule has 8 heteroatoms. The highest BCUT2D eigenvalue weighted by Crippen LogP contribution is 2.22. The van der Waals surface area contributed by atoms with Crippen LogP contribution in [-0.4, -0.2) is 30.8 Å². The van der Waals surface area contributed by atoms with E-state index >= 15 is 0 Å². The second-order valence-corrected chi connectivity index (χ2v) is 4.04. The molecule has 1 rings (SSSR count). The van der Waals surface area contributed by atoms with Crippen molar-refractivity contribution in [1.29, 1.82) is 0 Å². The van der Waals surface area contributed by atoms with Crippen LogP contribution in [0.2, 0.25) is 0 Å². The Morgan fingerprint density at radius 1 is 1.30 bits per heavy atom. The smallest absolute Gasteiger partial charge is 0.427 e. The van der Waals surface area contributed by atoms with Crippen LogP contribution in [0.5, 0.6) is 0 Å². The van der Waals surface area contributed by atoms with Crippen LogP contribution in [0.1, 0.15) is 15.9 Å². The highest BCUT2D eigenvalue weighted by molar-refractivity contribution is 5.94. The van der Waals surface area contributed by atoms with Gasteiger partial charge in [-0.2, -0.15) is 13.2 Å². The third-order valence-corrected chi connectivity index (χ3v) is 2.39. The van der Waals surface area contributed by atoms with E-state index in [-0.39, 0.29) is 5.56 Å². The molecule has 0 heterocycles. The number of primary amides is 1. The Morgan fingerprint density at radius 3 is 2.30 bits per heavy atom. The van der Waals surface area contributed by atoms with Gasteiger partial charge in [0.05, 0.1) is 6.54 Å². The number of amides is 2. The number of hydrogen-bond acceptors (Lipinski definition) is 3. The molecule has 3 N–H and O–H groups in total. The number of nitrogens with one attached hydrogen (secondary N) is 1. The number of carbonyl (C=O) groups is 2. The number of aryl methyl sites for hydroxylation is 1. The lowest BCUT2D eigenvalue weighted by molar-refractivity contribution is -0.200. The van der Waals surface area contributed by atoms with E-state index in [4.69, 9.17) is 0 Å². The molecule has 1 aromatic rings. The van der Waals surface area contributed by atoms with Crippen molar-refractivity contribution >= 4 is 12.0 Å². The van der Waals surface area contributed by atoms with Crippen LogP contribution in [0, 0.1) is 6.92 Å².